The van der Waals surface area contributed by atoms with Crippen LogP contribution in [0.2, 0.25) is 0 Å². The predicted molar refractivity (Wildman–Crippen MR) is 120 cm³/mol. The molecule has 2 atom stereocenters. The van der Waals surface area contributed by atoms with Crippen molar-refractivity contribution in [1.82, 2.24) is 25.0 Å². The van der Waals surface area contributed by atoms with E-state index in [9.17, 15) is 13.7 Å². The smallest absolute Gasteiger partial charge is 0.241 e. The summed E-state index contributed by atoms with van der Waals surface area (Å²) in [5.41, 5.74) is 4.19. The van der Waals surface area contributed by atoms with Crippen LogP contribution in [0, 0.1) is 22.8 Å². The van der Waals surface area contributed by atoms with Crippen molar-refractivity contribution >= 4 is 21.1 Å². The molecule has 2 aromatic heterocycles. The lowest BCUT2D eigenvalue weighted by atomic mass is 10.0. The van der Waals surface area contributed by atoms with Gasteiger partial charge in [0.2, 0.25) is 10.0 Å². The lowest BCUT2D eigenvalue weighted by molar-refractivity contribution is 0.518. The summed E-state index contributed by atoms with van der Waals surface area (Å²) in [7, 11) is -3.88. The Kier molecular flexibility index (Phi) is 5.02. The molecule has 5 rings (SSSR count). The molecule has 0 amide bonds. The molecule has 10 heteroatoms. The van der Waals surface area contributed by atoms with E-state index in [1.807, 2.05) is 36.5 Å². The number of hydrogen-bond acceptors (Lipinski definition) is 7. The number of nitrogens with one attached hydrogen (secondary N) is 3. The zero-order valence-corrected chi connectivity index (χ0v) is 18.0. The molecule has 2 heterocycles. The van der Waals surface area contributed by atoms with E-state index < -0.39 is 16.1 Å². The van der Waals surface area contributed by atoms with Crippen LogP contribution in [0.1, 0.15) is 35.2 Å². The molecular formula is C23H17N7O2S. The number of hydrogen-bond donors (Lipinski definition) is 3. The number of sulfonamides is 1. The van der Waals surface area contributed by atoms with Crippen LogP contribution in [0.3, 0.4) is 0 Å². The SMILES string of the molecule is N#CN[C@H]1C[C@@H](NS(=O)(=O)c2cccc(C#N)c2)c2ccc(-c3ncnc4[nH]ccc34)cc21. The van der Waals surface area contributed by atoms with E-state index in [-0.39, 0.29) is 16.5 Å². The topological polar surface area (TPSA) is 147 Å². The average Bonchev–Trinajstić information content (AvgIpc) is 3.44. The third-order valence-electron chi connectivity index (χ3n) is 5.75. The molecule has 4 aromatic rings. The van der Waals surface area contributed by atoms with Crippen molar-refractivity contribution in [3.63, 3.8) is 0 Å². The molecule has 0 saturated heterocycles. The van der Waals surface area contributed by atoms with E-state index in [1.54, 1.807) is 12.3 Å². The molecule has 3 N–H and O–H groups in total. The number of aromatic amines is 1. The number of aromatic nitrogens is 3. The number of nitriles is 2. The summed E-state index contributed by atoms with van der Waals surface area (Å²) in [5.74, 6) is 0. The van der Waals surface area contributed by atoms with Crippen molar-refractivity contribution < 1.29 is 8.42 Å². The number of rotatable bonds is 5. The lowest BCUT2D eigenvalue weighted by Gasteiger charge is -2.15. The highest BCUT2D eigenvalue weighted by atomic mass is 32.2. The van der Waals surface area contributed by atoms with E-state index in [4.69, 9.17) is 5.26 Å². The molecule has 162 valence electrons. The molecule has 0 saturated carbocycles. The van der Waals surface area contributed by atoms with E-state index >= 15 is 0 Å². The molecule has 0 fully saturated rings. The first-order valence-corrected chi connectivity index (χ1v) is 11.6. The van der Waals surface area contributed by atoms with Gasteiger partial charge in [-0.2, -0.15) is 10.5 Å². The second-order valence-electron chi connectivity index (χ2n) is 7.66. The number of benzene rings is 2. The first-order valence-electron chi connectivity index (χ1n) is 10.1. The molecule has 0 radical (unpaired) electrons. The van der Waals surface area contributed by atoms with Gasteiger partial charge < -0.3 is 10.3 Å². The van der Waals surface area contributed by atoms with Crippen molar-refractivity contribution in [2.45, 2.75) is 23.4 Å². The molecule has 33 heavy (non-hydrogen) atoms. The Morgan fingerprint density at radius 3 is 2.73 bits per heavy atom. The van der Waals surface area contributed by atoms with Gasteiger partial charge in [0.05, 0.1) is 28.3 Å². The molecular weight excluding hydrogens is 438 g/mol. The minimum Gasteiger partial charge on any atom is -0.346 e. The first-order chi connectivity index (χ1) is 16.0. The number of fused-ring (bicyclic) bond motifs is 2. The Bertz CT molecular complexity index is 1560. The Morgan fingerprint density at radius 2 is 1.91 bits per heavy atom. The van der Waals surface area contributed by atoms with Gasteiger partial charge in [-0.3, -0.25) is 0 Å². The second-order valence-corrected chi connectivity index (χ2v) is 9.38. The van der Waals surface area contributed by atoms with Crippen LogP contribution in [-0.4, -0.2) is 23.4 Å². The third-order valence-corrected chi connectivity index (χ3v) is 7.22. The van der Waals surface area contributed by atoms with Gasteiger partial charge in [-0.05, 0) is 47.9 Å². The molecule has 0 bridgehead atoms. The molecule has 1 aliphatic rings. The standard InChI is InChI=1S/C23H17N7O2S/c24-11-14-2-1-3-16(8-14)33(31,32)30-21-10-20(27-12-25)19-9-15(4-5-17(19)21)22-18-6-7-26-23(18)29-13-28-22/h1-9,13,20-21,27,30H,10H2,(H,26,28,29)/t20-,21+/m0/s1. The summed E-state index contributed by atoms with van der Waals surface area (Å²) in [4.78, 5) is 11.7. The zero-order valence-electron chi connectivity index (χ0n) is 17.1. The van der Waals surface area contributed by atoms with Gasteiger partial charge in [-0.25, -0.2) is 23.1 Å². The van der Waals surface area contributed by atoms with Crippen LogP contribution in [0.25, 0.3) is 22.3 Å². The maximum Gasteiger partial charge on any atom is 0.241 e. The fourth-order valence-electron chi connectivity index (χ4n) is 4.25. The van der Waals surface area contributed by atoms with E-state index in [1.165, 1.54) is 24.5 Å². The minimum absolute atomic E-state index is 0.0206. The highest BCUT2D eigenvalue weighted by molar-refractivity contribution is 7.89. The van der Waals surface area contributed by atoms with Crippen molar-refractivity contribution in [1.29, 1.82) is 10.5 Å². The molecule has 9 nitrogen and oxygen atoms in total. The zero-order chi connectivity index (χ0) is 23.0. The van der Waals surface area contributed by atoms with Crippen molar-refractivity contribution in [2.75, 3.05) is 0 Å². The number of H-pyrrole nitrogens is 1. The molecule has 0 aliphatic heterocycles. The largest absolute Gasteiger partial charge is 0.346 e. The Morgan fingerprint density at radius 1 is 1.03 bits per heavy atom. The first kappa shape index (κ1) is 20.6. The number of nitrogens with zero attached hydrogens (tertiary/aromatic N) is 4. The normalized spacial score (nSPS) is 17.3. The fourth-order valence-corrected chi connectivity index (χ4v) is 5.52. The Hall–Kier alpha value is -4.25. The molecule has 1 aliphatic carbocycles. The summed E-state index contributed by atoms with van der Waals surface area (Å²) in [6, 6.07) is 14.5. The van der Waals surface area contributed by atoms with Gasteiger partial charge in [0.15, 0.2) is 6.19 Å². The summed E-state index contributed by atoms with van der Waals surface area (Å²) in [6.07, 6.45) is 5.62. The summed E-state index contributed by atoms with van der Waals surface area (Å²) >= 11 is 0. The highest BCUT2D eigenvalue weighted by Gasteiger charge is 2.34. The van der Waals surface area contributed by atoms with E-state index in [0.29, 0.717) is 6.42 Å². The maximum absolute atomic E-state index is 13.0. The predicted octanol–water partition coefficient (Wildman–Crippen LogP) is 3.03. The molecule has 0 unspecified atom stereocenters. The molecule has 2 aromatic carbocycles. The lowest BCUT2D eigenvalue weighted by Crippen LogP contribution is -2.28. The van der Waals surface area contributed by atoms with Gasteiger partial charge in [-0.15, -0.1) is 0 Å². The fraction of sp³-hybridized carbons (Fsp3) is 0.130. The minimum atomic E-state index is -3.88. The average molecular weight is 456 g/mol. The van der Waals surface area contributed by atoms with Gasteiger partial charge in [0.1, 0.15) is 12.0 Å². The Balaban J connectivity index is 1.53. The van der Waals surface area contributed by atoms with Crippen LogP contribution < -0.4 is 10.0 Å². The highest BCUT2D eigenvalue weighted by Crippen LogP contribution is 2.41. The van der Waals surface area contributed by atoms with Crippen LogP contribution in [0.15, 0.2) is 66.0 Å². The molecule has 0 spiro atoms. The Labute approximate surface area is 189 Å². The van der Waals surface area contributed by atoms with E-state index in [0.717, 1.165) is 33.4 Å². The van der Waals surface area contributed by atoms with Gasteiger partial charge in [-0.1, -0.05) is 18.2 Å². The second kappa shape index (κ2) is 8.02. The quantitative estimate of drug-likeness (QED) is 0.309. The summed E-state index contributed by atoms with van der Waals surface area (Å²) in [6.45, 7) is 0. The van der Waals surface area contributed by atoms with Crippen LogP contribution in [-0.2, 0) is 10.0 Å². The van der Waals surface area contributed by atoms with Crippen molar-refractivity contribution in [3.8, 4) is 23.5 Å². The van der Waals surface area contributed by atoms with E-state index in [2.05, 4.69) is 25.0 Å². The maximum atomic E-state index is 13.0. The van der Waals surface area contributed by atoms with Crippen LogP contribution in [0.4, 0.5) is 0 Å². The van der Waals surface area contributed by atoms with Gasteiger partial charge in [0, 0.05) is 23.2 Å². The van der Waals surface area contributed by atoms with Gasteiger partial charge >= 0.3 is 0 Å². The third kappa shape index (κ3) is 3.68. The summed E-state index contributed by atoms with van der Waals surface area (Å²) < 4.78 is 28.8. The van der Waals surface area contributed by atoms with Crippen molar-refractivity contribution in [3.05, 3.63) is 77.7 Å². The van der Waals surface area contributed by atoms with Crippen LogP contribution in [0.5, 0.6) is 0 Å². The monoisotopic (exact) mass is 455 g/mol. The van der Waals surface area contributed by atoms with Crippen molar-refractivity contribution in [2.24, 2.45) is 0 Å². The van der Waals surface area contributed by atoms with Gasteiger partial charge in [0.25, 0.3) is 0 Å². The summed E-state index contributed by atoms with van der Waals surface area (Å²) in [5, 5.41) is 22.0. The van der Waals surface area contributed by atoms with Crippen LogP contribution >= 0.6 is 0 Å².